The summed E-state index contributed by atoms with van der Waals surface area (Å²) in [6.45, 7) is 7.04. The van der Waals surface area contributed by atoms with E-state index in [1.807, 2.05) is 43.7 Å². The maximum Gasteiger partial charge on any atom is 0.257 e. The van der Waals surface area contributed by atoms with Crippen molar-refractivity contribution in [2.45, 2.75) is 27.3 Å². The number of benzene rings is 2. The molecule has 1 aromatic heterocycles. The molecule has 0 bridgehead atoms. The van der Waals surface area contributed by atoms with Crippen molar-refractivity contribution in [2.75, 3.05) is 18.5 Å². The Morgan fingerprint density at radius 2 is 1.73 bits per heavy atom. The molecule has 156 valence electrons. The topological polar surface area (TPSA) is 85.3 Å². The SMILES string of the molecule is CCNC(=O)COc1ccc(NC(=O)c2ccc(Cn3nc(C)cc3C)cc2)cc1. The summed E-state index contributed by atoms with van der Waals surface area (Å²) in [4.78, 5) is 23.9. The maximum absolute atomic E-state index is 12.5. The molecular weight excluding hydrogens is 380 g/mol. The molecule has 7 nitrogen and oxygen atoms in total. The molecule has 0 aliphatic heterocycles. The van der Waals surface area contributed by atoms with Gasteiger partial charge < -0.3 is 15.4 Å². The fourth-order valence-corrected chi connectivity index (χ4v) is 3.00. The smallest absolute Gasteiger partial charge is 0.257 e. The van der Waals surface area contributed by atoms with Crippen LogP contribution in [0.25, 0.3) is 0 Å². The number of carbonyl (C=O) groups excluding carboxylic acids is 2. The molecule has 1 heterocycles. The quantitative estimate of drug-likeness (QED) is 0.601. The first-order chi connectivity index (χ1) is 14.4. The summed E-state index contributed by atoms with van der Waals surface area (Å²) >= 11 is 0. The second-order valence-corrected chi connectivity index (χ2v) is 7.00. The van der Waals surface area contributed by atoms with Crippen LogP contribution in [0, 0.1) is 13.8 Å². The highest BCUT2D eigenvalue weighted by Crippen LogP contribution is 2.17. The van der Waals surface area contributed by atoms with Gasteiger partial charge in [0.2, 0.25) is 0 Å². The number of nitrogens with one attached hydrogen (secondary N) is 2. The van der Waals surface area contributed by atoms with Crippen LogP contribution in [0.3, 0.4) is 0 Å². The second-order valence-electron chi connectivity index (χ2n) is 7.00. The van der Waals surface area contributed by atoms with Crippen molar-refractivity contribution in [1.29, 1.82) is 0 Å². The van der Waals surface area contributed by atoms with E-state index >= 15 is 0 Å². The molecule has 0 spiro atoms. The predicted molar refractivity (Wildman–Crippen MR) is 116 cm³/mol. The van der Waals surface area contributed by atoms with Gasteiger partial charge in [-0.3, -0.25) is 14.3 Å². The lowest BCUT2D eigenvalue weighted by atomic mass is 10.1. The van der Waals surface area contributed by atoms with Gasteiger partial charge in [0.15, 0.2) is 6.61 Å². The first-order valence-electron chi connectivity index (χ1n) is 9.85. The number of hydrogen-bond donors (Lipinski definition) is 2. The Morgan fingerprint density at radius 1 is 1.03 bits per heavy atom. The van der Waals surface area contributed by atoms with Crippen LogP contribution in [0.15, 0.2) is 54.6 Å². The van der Waals surface area contributed by atoms with Crippen molar-refractivity contribution in [3.8, 4) is 5.75 Å². The summed E-state index contributed by atoms with van der Waals surface area (Å²) in [7, 11) is 0. The minimum atomic E-state index is -0.191. The zero-order chi connectivity index (χ0) is 21.5. The van der Waals surface area contributed by atoms with Gasteiger partial charge in [-0.05, 0) is 68.8 Å². The molecule has 3 rings (SSSR count). The minimum absolute atomic E-state index is 0.0382. The van der Waals surface area contributed by atoms with Crippen LogP contribution in [0.5, 0.6) is 5.75 Å². The first kappa shape index (κ1) is 21.1. The molecule has 30 heavy (non-hydrogen) atoms. The molecule has 2 amide bonds. The van der Waals surface area contributed by atoms with Crippen LogP contribution in [0.2, 0.25) is 0 Å². The standard InChI is InChI=1S/C23H26N4O3/c1-4-24-22(28)15-30-21-11-9-20(10-12-21)25-23(29)19-7-5-18(6-8-19)14-27-17(3)13-16(2)26-27/h5-13H,4,14-15H2,1-3H3,(H,24,28)(H,25,29). The highest BCUT2D eigenvalue weighted by molar-refractivity contribution is 6.04. The largest absolute Gasteiger partial charge is 0.484 e. The number of anilines is 1. The van der Waals surface area contributed by atoms with Crippen LogP contribution in [0.4, 0.5) is 5.69 Å². The second kappa shape index (κ2) is 9.73. The van der Waals surface area contributed by atoms with E-state index in [0.717, 1.165) is 17.0 Å². The molecule has 0 radical (unpaired) electrons. The van der Waals surface area contributed by atoms with E-state index in [1.165, 1.54) is 0 Å². The normalized spacial score (nSPS) is 10.5. The molecule has 0 atom stereocenters. The molecule has 7 heteroatoms. The third kappa shape index (κ3) is 5.70. The van der Waals surface area contributed by atoms with E-state index in [0.29, 0.717) is 30.1 Å². The monoisotopic (exact) mass is 406 g/mol. The van der Waals surface area contributed by atoms with Gasteiger partial charge in [0.1, 0.15) is 5.75 Å². The van der Waals surface area contributed by atoms with Crippen molar-refractivity contribution >= 4 is 17.5 Å². The fraction of sp³-hybridized carbons (Fsp3) is 0.261. The van der Waals surface area contributed by atoms with E-state index in [1.54, 1.807) is 36.4 Å². The lowest BCUT2D eigenvalue weighted by molar-refractivity contribution is -0.122. The van der Waals surface area contributed by atoms with Gasteiger partial charge >= 0.3 is 0 Å². The zero-order valence-electron chi connectivity index (χ0n) is 17.4. The number of ether oxygens (including phenoxy) is 1. The van der Waals surface area contributed by atoms with Crippen LogP contribution in [-0.4, -0.2) is 34.7 Å². The van der Waals surface area contributed by atoms with E-state index in [2.05, 4.69) is 15.7 Å². The van der Waals surface area contributed by atoms with Crippen molar-refractivity contribution < 1.29 is 14.3 Å². The van der Waals surface area contributed by atoms with E-state index in [9.17, 15) is 9.59 Å². The number of carbonyl (C=O) groups is 2. The Labute approximate surface area is 176 Å². The number of amides is 2. The first-order valence-corrected chi connectivity index (χ1v) is 9.85. The fourth-order valence-electron chi connectivity index (χ4n) is 3.00. The molecule has 0 aliphatic carbocycles. The zero-order valence-corrected chi connectivity index (χ0v) is 17.4. The van der Waals surface area contributed by atoms with Crippen molar-refractivity contribution in [3.05, 3.63) is 77.1 Å². The summed E-state index contributed by atoms with van der Waals surface area (Å²) in [6, 6.07) is 16.4. The highest BCUT2D eigenvalue weighted by atomic mass is 16.5. The molecule has 3 aromatic rings. The third-order valence-corrected chi connectivity index (χ3v) is 4.51. The minimum Gasteiger partial charge on any atom is -0.484 e. The average Bonchev–Trinajstić information content (AvgIpc) is 3.05. The molecule has 0 saturated heterocycles. The summed E-state index contributed by atoms with van der Waals surface area (Å²) in [5.41, 5.74) is 4.39. The average molecular weight is 406 g/mol. The van der Waals surface area contributed by atoms with Gasteiger partial charge in [0, 0.05) is 23.5 Å². The van der Waals surface area contributed by atoms with Crippen LogP contribution in [-0.2, 0) is 11.3 Å². The Balaban J connectivity index is 1.55. The molecule has 0 saturated carbocycles. The Kier molecular flexibility index (Phi) is 6.85. The van der Waals surface area contributed by atoms with E-state index in [-0.39, 0.29) is 18.4 Å². The van der Waals surface area contributed by atoms with Crippen molar-refractivity contribution in [3.63, 3.8) is 0 Å². The summed E-state index contributed by atoms with van der Waals surface area (Å²) in [5.74, 6) is 0.201. The Morgan fingerprint density at radius 3 is 2.33 bits per heavy atom. The van der Waals surface area contributed by atoms with Crippen molar-refractivity contribution in [2.24, 2.45) is 0 Å². The molecular formula is C23H26N4O3. The van der Waals surface area contributed by atoms with Crippen LogP contribution >= 0.6 is 0 Å². The van der Waals surface area contributed by atoms with Gasteiger partial charge in [-0.15, -0.1) is 0 Å². The van der Waals surface area contributed by atoms with Gasteiger partial charge in [-0.2, -0.15) is 5.10 Å². The van der Waals surface area contributed by atoms with Crippen molar-refractivity contribution in [1.82, 2.24) is 15.1 Å². The number of rotatable bonds is 8. The van der Waals surface area contributed by atoms with Crippen LogP contribution in [0.1, 0.15) is 34.2 Å². The molecule has 0 aliphatic rings. The number of aryl methyl sites for hydroxylation is 2. The highest BCUT2D eigenvalue weighted by Gasteiger charge is 2.08. The number of aromatic nitrogens is 2. The number of nitrogens with zero attached hydrogens (tertiary/aromatic N) is 2. The van der Waals surface area contributed by atoms with E-state index < -0.39 is 0 Å². The van der Waals surface area contributed by atoms with Gasteiger partial charge in [0.25, 0.3) is 11.8 Å². The van der Waals surface area contributed by atoms with Gasteiger partial charge in [-0.25, -0.2) is 0 Å². The predicted octanol–water partition coefficient (Wildman–Crippen LogP) is 3.32. The summed E-state index contributed by atoms with van der Waals surface area (Å²) in [5, 5.41) is 9.99. The molecule has 0 fully saturated rings. The summed E-state index contributed by atoms with van der Waals surface area (Å²) < 4.78 is 7.35. The number of likely N-dealkylation sites (N-methyl/N-ethyl adjacent to an activating group) is 1. The Hall–Kier alpha value is -3.61. The van der Waals surface area contributed by atoms with Gasteiger partial charge in [0.05, 0.1) is 12.2 Å². The third-order valence-electron chi connectivity index (χ3n) is 4.51. The molecule has 2 N–H and O–H groups in total. The molecule has 2 aromatic carbocycles. The lowest BCUT2D eigenvalue weighted by Gasteiger charge is -2.09. The number of hydrogen-bond acceptors (Lipinski definition) is 4. The lowest BCUT2D eigenvalue weighted by Crippen LogP contribution is -2.28. The molecule has 0 unspecified atom stereocenters. The Bertz CT molecular complexity index is 1010. The maximum atomic E-state index is 12.5. The van der Waals surface area contributed by atoms with Gasteiger partial charge in [-0.1, -0.05) is 12.1 Å². The van der Waals surface area contributed by atoms with Crippen LogP contribution < -0.4 is 15.4 Å². The van der Waals surface area contributed by atoms with E-state index in [4.69, 9.17) is 4.74 Å². The summed E-state index contributed by atoms with van der Waals surface area (Å²) in [6.07, 6.45) is 0.